The molecule has 4 nitrogen and oxygen atoms in total. The highest BCUT2D eigenvalue weighted by Gasteiger charge is 2.05. The zero-order chi connectivity index (χ0) is 13.0. The highest BCUT2D eigenvalue weighted by atomic mass is 16.5. The van der Waals surface area contributed by atoms with Crippen LogP contribution < -0.4 is 10.1 Å². The van der Waals surface area contributed by atoms with Gasteiger partial charge in [-0.25, -0.2) is 4.98 Å². The van der Waals surface area contributed by atoms with Crippen molar-refractivity contribution in [2.75, 3.05) is 26.1 Å². The summed E-state index contributed by atoms with van der Waals surface area (Å²) in [6, 6.07) is 7.95. The largest absolute Gasteiger partial charge is 0.497 e. The molecule has 0 saturated carbocycles. The first-order valence-electron chi connectivity index (χ1n) is 5.94. The Bertz CT molecular complexity index is 528. The Morgan fingerprint density at radius 1 is 1.28 bits per heavy atom. The Morgan fingerprint density at radius 3 is 2.83 bits per heavy atom. The third kappa shape index (κ3) is 2.71. The minimum atomic E-state index is 0.146. The molecule has 2 rings (SSSR count). The first-order valence-corrected chi connectivity index (χ1v) is 5.94. The second-order valence-electron chi connectivity index (χ2n) is 4.17. The normalized spacial score (nSPS) is 12.4. The fraction of sp³-hybridized carbons (Fsp3) is 0.357. The number of benzene rings is 1. The van der Waals surface area contributed by atoms with Crippen molar-refractivity contribution in [1.29, 1.82) is 0 Å². The van der Waals surface area contributed by atoms with E-state index in [-0.39, 0.29) is 6.10 Å². The lowest BCUT2D eigenvalue weighted by molar-refractivity contribution is 0.128. The summed E-state index contributed by atoms with van der Waals surface area (Å²) < 4.78 is 10.5. The van der Waals surface area contributed by atoms with Crippen LogP contribution in [0.15, 0.2) is 30.5 Å². The summed E-state index contributed by atoms with van der Waals surface area (Å²) in [6.07, 6.45) is 1.95. The highest BCUT2D eigenvalue weighted by molar-refractivity contribution is 5.92. The number of hydrogen-bond donors (Lipinski definition) is 1. The maximum atomic E-state index is 5.24. The van der Waals surface area contributed by atoms with Crippen LogP contribution in [0.25, 0.3) is 10.8 Å². The predicted octanol–water partition coefficient (Wildman–Crippen LogP) is 2.69. The van der Waals surface area contributed by atoms with Gasteiger partial charge in [-0.1, -0.05) is 6.07 Å². The third-order valence-corrected chi connectivity index (χ3v) is 2.93. The molecule has 2 aromatic rings. The molecule has 1 aromatic heterocycles. The molecule has 18 heavy (non-hydrogen) atoms. The van der Waals surface area contributed by atoms with Gasteiger partial charge in [0.25, 0.3) is 0 Å². The molecule has 0 saturated heterocycles. The summed E-state index contributed by atoms with van der Waals surface area (Å²) >= 11 is 0. The summed E-state index contributed by atoms with van der Waals surface area (Å²) in [6.45, 7) is 2.73. The number of anilines is 1. The van der Waals surface area contributed by atoms with E-state index in [1.807, 2.05) is 31.2 Å². The summed E-state index contributed by atoms with van der Waals surface area (Å²) in [5.74, 6) is 1.69. The maximum absolute atomic E-state index is 5.24. The van der Waals surface area contributed by atoms with Crippen LogP contribution in [-0.4, -0.2) is 31.9 Å². The van der Waals surface area contributed by atoms with E-state index in [2.05, 4.69) is 10.3 Å². The fourth-order valence-corrected chi connectivity index (χ4v) is 1.74. The minimum absolute atomic E-state index is 0.146. The molecule has 0 aliphatic heterocycles. The third-order valence-electron chi connectivity index (χ3n) is 2.93. The molecule has 1 aromatic carbocycles. The van der Waals surface area contributed by atoms with E-state index in [0.717, 1.165) is 28.9 Å². The Hall–Kier alpha value is -1.81. The molecule has 0 aliphatic rings. The van der Waals surface area contributed by atoms with E-state index in [0.29, 0.717) is 0 Å². The van der Waals surface area contributed by atoms with Gasteiger partial charge in [0.1, 0.15) is 11.6 Å². The molecule has 0 aliphatic carbocycles. The van der Waals surface area contributed by atoms with Crippen molar-refractivity contribution < 1.29 is 9.47 Å². The Kier molecular flexibility index (Phi) is 3.99. The molecule has 1 unspecified atom stereocenters. The predicted molar refractivity (Wildman–Crippen MR) is 73.3 cm³/mol. The average molecular weight is 246 g/mol. The number of ether oxygens (including phenoxy) is 2. The molecule has 4 heteroatoms. The van der Waals surface area contributed by atoms with Crippen LogP contribution in [0.4, 0.5) is 5.82 Å². The van der Waals surface area contributed by atoms with Gasteiger partial charge in [0.2, 0.25) is 0 Å². The van der Waals surface area contributed by atoms with Crippen molar-refractivity contribution in [3.63, 3.8) is 0 Å². The van der Waals surface area contributed by atoms with Crippen molar-refractivity contribution in [3.8, 4) is 5.75 Å². The lowest BCUT2D eigenvalue weighted by atomic mass is 10.1. The van der Waals surface area contributed by atoms with Gasteiger partial charge in [0.15, 0.2) is 0 Å². The van der Waals surface area contributed by atoms with Gasteiger partial charge < -0.3 is 14.8 Å². The summed E-state index contributed by atoms with van der Waals surface area (Å²) in [5.41, 5.74) is 0. The quantitative estimate of drug-likeness (QED) is 0.881. The lowest BCUT2D eigenvalue weighted by Crippen LogP contribution is -2.18. The van der Waals surface area contributed by atoms with E-state index in [1.165, 1.54) is 0 Å². The number of nitrogens with zero attached hydrogens (tertiary/aromatic N) is 1. The first kappa shape index (κ1) is 12.6. The van der Waals surface area contributed by atoms with Crippen molar-refractivity contribution in [2.45, 2.75) is 13.0 Å². The number of pyridine rings is 1. The van der Waals surface area contributed by atoms with Crippen LogP contribution >= 0.6 is 0 Å². The van der Waals surface area contributed by atoms with E-state index in [4.69, 9.17) is 9.47 Å². The average Bonchev–Trinajstić information content (AvgIpc) is 2.43. The van der Waals surface area contributed by atoms with E-state index < -0.39 is 0 Å². The summed E-state index contributed by atoms with van der Waals surface area (Å²) in [4.78, 5) is 4.37. The molecular formula is C14H18N2O2. The lowest BCUT2D eigenvalue weighted by Gasteiger charge is -2.13. The highest BCUT2D eigenvalue weighted by Crippen LogP contribution is 2.25. The molecule has 0 amide bonds. The number of hydrogen-bond acceptors (Lipinski definition) is 4. The molecule has 0 bridgehead atoms. The molecule has 1 heterocycles. The monoisotopic (exact) mass is 246 g/mol. The zero-order valence-electron chi connectivity index (χ0n) is 10.9. The molecule has 96 valence electrons. The Morgan fingerprint density at radius 2 is 2.11 bits per heavy atom. The van der Waals surface area contributed by atoms with E-state index in [1.54, 1.807) is 20.4 Å². The van der Waals surface area contributed by atoms with Crippen LogP contribution in [0, 0.1) is 0 Å². The van der Waals surface area contributed by atoms with Crippen molar-refractivity contribution >= 4 is 16.6 Å². The van der Waals surface area contributed by atoms with Crippen molar-refractivity contribution in [2.24, 2.45) is 0 Å². The first-order chi connectivity index (χ1) is 8.74. The molecular weight excluding hydrogens is 228 g/mol. The number of methoxy groups -OCH3 is 2. The fourth-order valence-electron chi connectivity index (χ4n) is 1.74. The van der Waals surface area contributed by atoms with Crippen LogP contribution in [-0.2, 0) is 4.74 Å². The van der Waals surface area contributed by atoms with E-state index >= 15 is 0 Å². The van der Waals surface area contributed by atoms with Crippen LogP contribution in [0.1, 0.15) is 6.92 Å². The molecule has 1 atom stereocenters. The second-order valence-corrected chi connectivity index (χ2v) is 4.17. The molecule has 0 spiro atoms. The molecule has 0 radical (unpaired) electrons. The number of fused-ring (bicyclic) bond motifs is 1. The second kappa shape index (κ2) is 5.69. The van der Waals surface area contributed by atoms with E-state index in [9.17, 15) is 0 Å². The van der Waals surface area contributed by atoms with Gasteiger partial charge in [-0.2, -0.15) is 0 Å². The zero-order valence-corrected chi connectivity index (χ0v) is 10.9. The van der Waals surface area contributed by atoms with Gasteiger partial charge in [-0.3, -0.25) is 0 Å². The van der Waals surface area contributed by atoms with Gasteiger partial charge in [-0.15, -0.1) is 0 Å². The Balaban J connectivity index is 2.31. The minimum Gasteiger partial charge on any atom is -0.497 e. The van der Waals surface area contributed by atoms with Gasteiger partial charge >= 0.3 is 0 Å². The topological polar surface area (TPSA) is 43.4 Å². The Labute approximate surface area is 107 Å². The SMILES string of the molecule is COc1ccc2ccnc(NCC(C)OC)c2c1. The summed E-state index contributed by atoms with van der Waals surface area (Å²) in [5, 5.41) is 5.49. The maximum Gasteiger partial charge on any atom is 0.134 e. The number of nitrogens with one attached hydrogen (secondary N) is 1. The van der Waals surface area contributed by atoms with Gasteiger partial charge in [-0.05, 0) is 30.5 Å². The van der Waals surface area contributed by atoms with Crippen LogP contribution in [0.3, 0.4) is 0 Å². The van der Waals surface area contributed by atoms with Crippen molar-refractivity contribution in [3.05, 3.63) is 30.5 Å². The summed E-state index contributed by atoms with van der Waals surface area (Å²) in [7, 11) is 3.36. The number of rotatable bonds is 5. The van der Waals surface area contributed by atoms with Crippen molar-refractivity contribution in [1.82, 2.24) is 4.98 Å². The smallest absolute Gasteiger partial charge is 0.134 e. The molecule has 0 fully saturated rings. The van der Waals surface area contributed by atoms with Crippen LogP contribution in [0.5, 0.6) is 5.75 Å². The van der Waals surface area contributed by atoms with Gasteiger partial charge in [0.05, 0.1) is 13.2 Å². The molecule has 1 N–H and O–H groups in total. The van der Waals surface area contributed by atoms with Crippen LogP contribution in [0.2, 0.25) is 0 Å². The number of aromatic nitrogens is 1. The standard InChI is InChI=1S/C14H18N2O2/c1-10(17-2)9-16-14-13-8-12(18-3)5-4-11(13)6-7-15-14/h4-8,10H,9H2,1-3H3,(H,15,16). The van der Waals surface area contributed by atoms with Gasteiger partial charge in [0, 0.05) is 25.2 Å².